The van der Waals surface area contributed by atoms with Crippen LogP contribution in [0, 0.1) is 11.8 Å². The van der Waals surface area contributed by atoms with Crippen LogP contribution in [-0.4, -0.2) is 84.7 Å². The third-order valence-corrected chi connectivity index (χ3v) is 7.53. The van der Waals surface area contributed by atoms with E-state index in [2.05, 4.69) is 29.4 Å². The van der Waals surface area contributed by atoms with Gasteiger partial charge in [-0.1, -0.05) is 31.7 Å². The molecule has 2 heterocycles. The van der Waals surface area contributed by atoms with Crippen molar-refractivity contribution in [2.75, 3.05) is 52.4 Å². The lowest BCUT2D eigenvalue weighted by Crippen LogP contribution is -2.50. The van der Waals surface area contributed by atoms with Crippen LogP contribution in [0.2, 0.25) is 0 Å². The molecule has 2 aliphatic heterocycles. The molecule has 1 unspecified atom stereocenters. The van der Waals surface area contributed by atoms with Gasteiger partial charge in [-0.05, 0) is 82.6 Å². The lowest BCUT2D eigenvalue weighted by molar-refractivity contribution is -0.137. The van der Waals surface area contributed by atoms with E-state index in [0.29, 0.717) is 31.5 Å². The molecule has 0 aromatic rings. The highest BCUT2D eigenvalue weighted by molar-refractivity contribution is 5.79. The summed E-state index contributed by atoms with van der Waals surface area (Å²) in [5, 5.41) is 0. The van der Waals surface area contributed by atoms with Gasteiger partial charge in [-0.2, -0.15) is 0 Å². The van der Waals surface area contributed by atoms with Crippen molar-refractivity contribution in [2.24, 2.45) is 11.8 Å². The Morgan fingerprint density at radius 3 is 2.32 bits per heavy atom. The van der Waals surface area contributed by atoms with Gasteiger partial charge in [-0.3, -0.25) is 4.79 Å². The predicted molar refractivity (Wildman–Crippen MR) is 148 cm³/mol. The van der Waals surface area contributed by atoms with E-state index in [4.69, 9.17) is 9.47 Å². The number of carbonyl (C=O) groups is 2. The lowest BCUT2D eigenvalue weighted by atomic mass is 9.85. The van der Waals surface area contributed by atoms with Crippen molar-refractivity contribution in [3.8, 4) is 0 Å². The van der Waals surface area contributed by atoms with Crippen molar-refractivity contribution in [3.63, 3.8) is 0 Å². The van der Waals surface area contributed by atoms with Gasteiger partial charge in [0.1, 0.15) is 5.60 Å². The number of ether oxygens (including phenoxy) is 2. The Labute approximate surface area is 223 Å². The molecular weight excluding hydrogens is 466 g/mol. The zero-order valence-electron chi connectivity index (χ0n) is 23.4. The van der Waals surface area contributed by atoms with Gasteiger partial charge in [-0.25, -0.2) is 4.79 Å². The topological polar surface area (TPSA) is 62.3 Å². The number of allylic oxidation sites excluding steroid dienone is 6. The molecule has 0 aromatic heterocycles. The second kappa shape index (κ2) is 13.8. The highest BCUT2D eigenvalue weighted by atomic mass is 16.6. The summed E-state index contributed by atoms with van der Waals surface area (Å²) in [6.07, 6.45) is 14.0. The van der Waals surface area contributed by atoms with Crippen LogP contribution in [0.25, 0.3) is 0 Å². The average molecular weight is 514 g/mol. The highest BCUT2D eigenvalue weighted by Gasteiger charge is 2.29. The minimum absolute atomic E-state index is 0.101. The van der Waals surface area contributed by atoms with E-state index in [-0.39, 0.29) is 12.0 Å². The molecule has 0 saturated carbocycles. The molecule has 7 heteroatoms. The summed E-state index contributed by atoms with van der Waals surface area (Å²) in [6.45, 7) is 18.6. The molecule has 7 nitrogen and oxygen atoms in total. The minimum Gasteiger partial charge on any atom is -0.501 e. The van der Waals surface area contributed by atoms with Crippen LogP contribution in [0.1, 0.15) is 59.8 Å². The third-order valence-electron chi connectivity index (χ3n) is 7.53. The zero-order chi connectivity index (χ0) is 26.8. The second-order valence-corrected chi connectivity index (χ2v) is 11.4. The Morgan fingerprint density at radius 2 is 1.76 bits per heavy atom. The predicted octanol–water partition coefficient (Wildman–Crippen LogP) is 5.17. The molecule has 0 bridgehead atoms. The average Bonchev–Trinajstić information content (AvgIpc) is 2.90. The SMILES string of the molecule is C=C/C(=C\C=C\OCC1CCN(C(=O)OC(C)(C)C)CC1)C1=CCC(C(=O)N2CCN(CC)CC2)CC1. The van der Waals surface area contributed by atoms with Gasteiger partial charge in [0, 0.05) is 45.2 Å². The molecule has 0 aromatic carbocycles. The molecule has 2 fully saturated rings. The van der Waals surface area contributed by atoms with Gasteiger partial charge < -0.3 is 24.2 Å². The van der Waals surface area contributed by atoms with Crippen LogP contribution in [-0.2, 0) is 14.3 Å². The van der Waals surface area contributed by atoms with Crippen molar-refractivity contribution in [1.29, 1.82) is 0 Å². The van der Waals surface area contributed by atoms with E-state index in [9.17, 15) is 9.59 Å². The quantitative estimate of drug-likeness (QED) is 0.331. The van der Waals surface area contributed by atoms with Crippen LogP contribution in [0.4, 0.5) is 4.79 Å². The molecule has 206 valence electrons. The fourth-order valence-electron chi connectivity index (χ4n) is 5.17. The van der Waals surface area contributed by atoms with E-state index < -0.39 is 5.60 Å². The Hall–Kier alpha value is -2.54. The summed E-state index contributed by atoms with van der Waals surface area (Å²) in [5.74, 6) is 0.857. The molecule has 3 aliphatic rings. The summed E-state index contributed by atoms with van der Waals surface area (Å²) >= 11 is 0. The first-order valence-corrected chi connectivity index (χ1v) is 14.0. The van der Waals surface area contributed by atoms with Gasteiger partial charge >= 0.3 is 6.09 Å². The number of nitrogens with zero attached hydrogens (tertiary/aromatic N) is 3. The van der Waals surface area contributed by atoms with E-state index >= 15 is 0 Å². The van der Waals surface area contributed by atoms with E-state index in [0.717, 1.165) is 70.4 Å². The number of likely N-dealkylation sites (tertiary alicyclic amines) is 1. The molecule has 2 saturated heterocycles. The van der Waals surface area contributed by atoms with Crippen molar-refractivity contribution >= 4 is 12.0 Å². The number of amides is 2. The van der Waals surface area contributed by atoms with Crippen LogP contribution >= 0.6 is 0 Å². The van der Waals surface area contributed by atoms with Crippen LogP contribution in [0.5, 0.6) is 0 Å². The van der Waals surface area contributed by atoms with E-state index in [1.54, 1.807) is 11.2 Å². The van der Waals surface area contributed by atoms with Crippen molar-refractivity contribution in [1.82, 2.24) is 14.7 Å². The maximum Gasteiger partial charge on any atom is 0.410 e. The standard InChI is InChI=1S/C30H47N3O4/c1-6-25(26-10-12-27(13-11-26)28(34)32-20-18-31(7-2)19-21-32)9-8-22-36-23-24-14-16-33(17-15-24)29(35)37-30(3,4)5/h6,8-10,22,24,27H,1,7,11-21,23H2,2-5H3/b22-8+,25-9+. The largest absolute Gasteiger partial charge is 0.501 e. The molecule has 2 amide bonds. The van der Waals surface area contributed by atoms with Crippen LogP contribution in [0.15, 0.2) is 48.3 Å². The first kappa shape index (κ1) is 29.0. The number of likely N-dealkylation sites (N-methyl/N-ethyl adjacent to an activating group) is 1. The molecule has 0 spiro atoms. The lowest BCUT2D eigenvalue weighted by Gasteiger charge is -2.36. The monoisotopic (exact) mass is 513 g/mol. The van der Waals surface area contributed by atoms with Crippen LogP contribution in [0.3, 0.4) is 0 Å². The zero-order valence-corrected chi connectivity index (χ0v) is 23.4. The Bertz CT molecular complexity index is 870. The number of hydrogen-bond acceptors (Lipinski definition) is 5. The van der Waals surface area contributed by atoms with E-state index in [1.807, 2.05) is 39.0 Å². The van der Waals surface area contributed by atoms with Gasteiger partial charge in [0.2, 0.25) is 5.91 Å². The normalized spacial score (nSPS) is 22.6. The van der Waals surface area contributed by atoms with Gasteiger partial charge in [0.25, 0.3) is 0 Å². The van der Waals surface area contributed by atoms with Gasteiger partial charge in [0.15, 0.2) is 0 Å². The number of carbonyl (C=O) groups excluding carboxylic acids is 2. The van der Waals surface area contributed by atoms with Crippen LogP contribution < -0.4 is 0 Å². The molecular formula is C30H47N3O4. The maximum absolute atomic E-state index is 13.0. The summed E-state index contributed by atoms with van der Waals surface area (Å²) in [4.78, 5) is 31.4. The Kier molecular flexibility index (Phi) is 10.9. The van der Waals surface area contributed by atoms with Crippen molar-refractivity contribution in [2.45, 2.75) is 65.4 Å². The van der Waals surface area contributed by atoms with Crippen molar-refractivity contribution < 1.29 is 19.1 Å². The summed E-state index contributed by atoms with van der Waals surface area (Å²) in [7, 11) is 0. The first-order valence-electron chi connectivity index (χ1n) is 14.0. The molecule has 0 radical (unpaired) electrons. The van der Waals surface area contributed by atoms with Gasteiger partial charge in [0.05, 0.1) is 12.9 Å². The fourth-order valence-corrected chi connectivity index (χ4v) is 5.17. The molecule has 1 aliphatic carbocycles. The maximum atomic E-state index is 13.0. The van der Waals surface area contributed by atoms with Crippen molar-refractivity contribution in [3.05, 3.63) is 48.3 Å². The van der Waals surface area contributed by atoms with Gasteiger partial charge in [-0.15, -0.1) is 0 Å². The molecule has 0 N–H and O–H groups in total. The summed E-state index contributed by atoms with van der Waals surface area (Å²) in [5.41, 5.74) is 1.89. The Balaban J connectivity index is 1.39. The third kappa shape index (κ3) is 9.06. The highest BCUT2D eigenvalue weighted by Crippen LogP contribution is 2.30. The second-order valence-electron chi connectivity index (χ2n) is 11.4. The number of rotatable bonds is 8. The molecule has 1 atom stereocenters. The number of hydrogen-bond donors (Lipinski definition) is 0. The first-order chi connectivity index (χ1) is 17.7. The number of piperidine rings is 1. The summed E-state index contributed by atoms with van der Waals surface area (Å²) < 4.78 is 11.3. The molecule has 37 heavy (non-hydrogen) atoms. The number of piperazine rings is 1. The smallest absolute Gasteiger partial charge is 0.410 e. The Morgan fingerprint density at radius 1 is 1.05 bits per heavy atom. The minimum atomic E-state index is -0.462. The van der Waals surface area contributed by atoms with E-state index in [1.165, 1.54) is 5.57 Å². The molecule has 3 rings (SSSR count). The fraction of sp³-hybridized carbons (Fsp3) is 0.667. The summed E-state index contributed by atoms with van der Waals surface area (Å²) in [6, 6.07) is 0.